The van der Waals surface area contributed by atoms with Crippen molar-refractivity contribution in [1.29, 1.82) is 0 Å². The summed E-state index contributed by atoms with van der Waals surface area (Å²) >= 11 is 0. The fourth-order valence-corrected chi connectivity index (χ4v) is 4.89. The summed E-state index contributed by atoms with van der Waals surface area (Å²) in [6, 6.07) is 17.0. The number of hydrogen-bond donors (Lipinski definition) is 1. The van der Waals surface area contributed by atoms with Gasteiger partial charge in [0, 0.05) is 44.2 Å². The van der Waals surface area contributed by atoms with Gasteiger partial charge in [-0.05, 0) is 62.1 Å². The first-order valence-corrected chi connectivity index (χ1v) is 11.7. The van der Waals surface area contributed by atoms with E-state index in [1.54, 1.807) is 12.1 Å². The summed E-state index contributed by atoms with van der Waals surface area (Å²) in [7, 11) is 0. The van der Waals surface area contributed by atoms with Gasteiger partial charge < -0.3 is 19.7 Å². The number of nitrogens with one attached hydrogen (secondary N) is 1. The van der Waals surface area contributed by atoms with Crippen molar-refractivity contribution in [2.75, 3.05) is 39.5 Å². The Morgan fingerprint density at radius 1 is 1.06 bits per heavy atom. The second-order valence-corrected chi connectivity index (χ2v) is 8.81. The molecular formula is C26H33FN2O3. The summed E-state index contributed by atoms with van der Waals surface area (Å²) in [6.45, 7) is 4.34. The zero-order valence-corrected chi connectivity index (χ0v) is 18.6. The minimum absolute atomic E-state index is 0.0197. The van der Waals surface area contributed by atoms with Crippen LogP contribution in [0.2, 0.25) is 0 Å². The Kier molecular flexibility index (Phi) is 7.76. The molecule has 2 aliphatic heterocycles. The maximum Gasteiger partial charge on any atom is 0.222 e. The van der Waals surface area contributed by atoms with Gasteiger partial charge >= 0.3 is 0 Å². The molecule has 0 bridgehead atoms. The van der Waals surface area contributed by atoms with Crippen LogP contribution in [0, 0.1) is 5.82 Å². The Bertz CT molecular complexity index is 853. The van der Waals surface area contributed by atoms with Crippen molar-refractivity contribution in [1.82, 2.24) is 10.2 Å². The molecule has 6 heteroatoms. The van der Waals surface area contributed by atoms with E-state index in [1.165, 1.54) is 17.7 Å². The molecule has 1 N–H and O–H groups in total. The summed E-state index contributed by atoms with van der Waals surface area (Å²) in [4.78, 5) is 14.9. The van der Waals surface area contributed by atoms with Crippen LogP contribution in [-0.4, -0.2) is 56.3 Å². The van der Waals surface area contributed by atoms with Gasteiger partial charge in [0.1, 0.15) is 18.2 Å². The van der Waals surface area contributed by atoms with Gasteiger partial charge in [-0.2, -0.15) is 0 Å². The second kappa shape index (κ2) is 10.9. The first-order chi connectivity index (χ1) is 15.7. The Labute approximate surface area is 189 Å². The highest BCUT2D eigenvalue weighted by Crippen LogP contribution is 2.38. The molecule has 1 atom stereocenters. The Hall–Kier alpha value is -2.44. The number of nitrogens with zero attached hydrogens (tertiary/aromatic N) is 1. The smallest absolute Gasteiger partial charge is 0.222 e. The molecule has 0 unspecified atom stereocenters. The van der Waals surface area contributed by atoms with Crippen molar-refractivity contribution >= 4 is 5.91 Å². The molecule has 1 amide bonds. The molecule has 0 radical (unpaired) electrons. The Morgan fingerprint density at radius 3 is 2.56 bits per heavy atom. The molecule has 172 valence electrons. The van der Waals surface area contributed by atoms with Crippen LogP contribution in [0.5, 0.6) is 5.75 Å². The molecule has 0 spiro atoms. The van der Waals surface area contributed by atoms with E-state index in [4.69, 9.17) is 9.47 Å². The number of likely N-dealkylation sites (tertiary alicyclic amines) is 1. The van der Waals surface area contributed by atoms with E-state index in [-0.39, 0.29) is 23.2 Å². The number of amides is 1. The van der Waals surface area contributed by atoms with Gasteiger partial charge in [-0.15, -0.1) is 0 Å². The molecule has 2 aromatic carbocycles. The van der Waals surface area contributed by atoms with Crippen LogP contribution >= 0.6 is 0 Å². The molecule has 0 aromatic heterocycles. The minimum atomic E-state index is -0.263. The highest BCUT2D eigenvalue weighted by atomic mass is 19.1. The van der Waals surface area contributed by atoms with Crippen LogP contribution in [-0.2, 0) is 14.9 Å². The van der Waals surface area contributed by atoms with Crippen LogP contribution < -0.4 is 10.1 Å². The van der Waals surface area contributed by atoms with Crippen molar-refractivity contribution in [2.45, 2.75) is 43.6 Å². The molecule has 5 nitrogen and oxygen atoms in total. The van der Waals surface area contributed by atoms with Crippen molar-refractivity contribution in [3.63, 3.8) is 0 Å². The second-order valence-electron chi connectivity index (χ2n) is 8.81. The number of carbonyl (C=O) groups is 1. The molecule has 2 heterocycles. The van der Waals surface area contributed by atoms with E-state index in [1.807, 2.05) is 6.07 Å². The number of hydrogen-bond acceptors (Lipinski definition) is 4. The van der Waals surface area contributed by atoms with Gasteiger partial charge in [0.05, 0.1) is 0 Å². The molecule has 32 heavy (non-hydrogen) atoms. The molecule has 4 rings (SSSR count). The summed E-state index contributed by atoms with van der Waals surface area (Å²) in [5, 5.41) is 3.42. The zero-order chi connectivity index (χ0) is 22.2. The SMILES string of the molecule is O=C1CC[C@H](CCNCCOc2ccc(F)cc2)N1CC1(c2ccccc2)CCOCC1. The lowest BCUT2D eigenvalue weighted by Crippen LogP contribution is -2.48. The van der Waals surface area contributed by atoms with Crippen LogP contribution in [0.1, 0.15) is 37.7 Å². The maximum atomic E-state index is 12.9. The normalized spacial score (nSPS) is 20.5. The topological polar surface area (TPSA) is 50.8 Å². The maximum absolute atomic E-state index is 12.9. The summed E-state index contributed by atoms with van der Waals surface area (Å²) < 4.78 is 24.2. The van der Waals surface area contributed by atoms with Crippen molar-refractivity contribution in [2.24, 2.45) is 0 Å². The fraction of sp³-hybridized carbons (Fsp3) is 0.500. The zero-order valence-electron chi connectivity index (χ0n) is 18.6. The molecule has 2 fully saturated rings. The lowest BCUT2D eigenvalue weighted by Gasteiger charge is -2.42. The van der Waals surface area contributed by atoms with Crippen molar-refractivity contribution in [3.05, 3.63) is 66.0 Å². The third-order valence-electron chi connectivity index (χ3n) is 6.78. The largest absolute Gasteiger partial charge is 0.492 e. The number of benzene rings is 2. The van der Waals surface area contributed by atoms with Gasteiger partial charge in [-0.3, -0.25) is 4.79 Å². The summed E-state index contributed by atoms with van der Waals surface area (Å²) in [5.41, 5.74) is 1.30. The lowest BCUT2D eigenvalue weighted by atomic mass is 9.73. The van der Waals surface area contributed by atoms with Gasteiger partial charge in [-0.1, -0.05) is 30.3 Å². The van der Waals surface area contributed by atoms with E-state index in [9.17, 15) is 9.18 Å². The van der Waals surface area contributed by atoms with E-state index < -0.39 is 0 Å². The van der Waals surface area contributed by atoms with Crippen LogP contribution in [0.25, 0.3) is 0 Å². The first-order valence-electron chi connectivity index (χ1n) is 11.7. The number of halogens is 1. The Morgan fingerprint density at radius 2 is 1.81 bits per heavy atom. The molecule has 2 aliphatic rings. The van der Waals surface area contributed by atoms with Crippen LogP contribution in [0.4, 0.5) is 4.39 Å². The number of ether oxygens (including phenoxy) is 2. The Balaban J connectivity index is 1.27. The summed E-state index contributed by atoms with van der Waals surface area (Å²) in [6.07, 6.45) is 4.40. The first kappa shape index (κ1) is 22.7. The van der Waals surface area contributed by atoms with E-state index in [2.05, 4.69) is 34.5 Å². The van der Waals surface area contributed by atoms with Crippen LogP contribution in [0.15, 0.2) is 54.6 Å². The minimum Gasteiger partial charge on any atom is -0.492 e. The van der Waals surface area contributed by atoms with Gasteiger partial charge in [-0.25, -0.2) is 4.39 Å². The highest BCUT2D eigenvalue weighted by molar-refractivity contribution is 5.79. The average molecular weight is 441 g/mol. The predicted molar refractivity (Wildman–Crippen MR) is 122 cm³/mol. The quantitative estimate of drug-likeness (QED) is 0.569. The predicted octanol–water partition coefficient (Wildman–Crippen LogP) is 3.92. The summed E-state index contributed by atoms with van der Waals surface area (Å²) in [5.74, 6) is 0.681. The molecule has 0 aliphatic carbocycles. The van der Waals surface area contributed by atoms with Gasteiger partial charge in [0.15, 0.2) is 0 Å². The van der Waals surface area contributed by atoms with E-state index in [0.717, 1.165) is 52.0 Å². The molecule has 2 saturated heterocycles. The lowest BCUT2D eigenvalue weighted by molar-refractivity contribution is -0.130. The monoisotopic (exact) mass is 440 g/mol. The van der Waals surface area contributed by atoms with Crippen molar-refractivity contribution in [3.8, 4) is 5.75 Å². The highest BCUT2D eigenvalue weighted by Gasteiger charge is 2.41. The number of rotatable bonds is 10. The van der Waals surface area contributed by atoms with Crippen LogP contribution in [0.3, 0.4) is 0 Å². The molecular weight excluding hydrogens is 407 g/mol. The average Bonchev–Trinajstić information content (AvgIpc) is 3.17. The third-order valence-corrected chi connectivity index (χ3v) is 6.78. The standard InChI is InChI=1S/C26H33FN2O3/c27-22-6-9-24(10-7-22)32-19-16-28-15-12-23-8-11-25(30)29(23)20-26(13-17-31-18-14-26)21-4-2-1-3-5-21/h1-7,9-10,23,28H,8,11-20H2/t23-/m1/s1. The van der Waals surface area contributed by atoms with Crippen molar-refractivity contribution < 1.29 is 18.7 Å². The van der Waals surface area contributed by atoms with Gasteiger partial charge in [0.2, 0.25) is 5.91 Å². The van der Waals surface area contributed by atoms with E-state index >= 15 is 0 Å². The fourth-order valence-electron chi connectivity index (χ4n) is 4.89. The van der Waals surface area contributed by atoms with Gasteiger partial charge in [0.25, 0.3) is 0 Å². The molecule has 2 aromatic rings. The third kappa shape index (κ3) is 5.67. The molecule has 0 saturated carbocycles. The number of carbonyl (C=O) groups excluding carboxylic acids is 1. The van der Waals surface area contributed by atoms with E-state index in [0.29, 0.717) is 25.3 Å².